The molecular formula is C13H13ClN2OS. The molecule has 1 aromatic carbocycles. The van der Waals surface area contributed by atoms with E-state index in [1.165, 1.54) is 11.3 Å². The summed E-state index contributed by atoms with van der Waals surface area (Å²) in [5, 5.41) is 4.14. The molecule has 0 radical (unpaired) electrons. The van der Waals surface area contributed by atoms with Crippen LogP contribution >= 0.6 is 22.9 Å². The maximum atomic E-state index is 11.2. The second-order valence-corrected chi connectivity index (χ2v) is 5.39. The van der Waals surface area contributed by atoms with Crippen LogP contribution in [0.15, 0.2) is 30.5 Å². The number of rotatable bonds is 4. The summed E-state index contributed by atoms with van der Waals surface area (Å²) in [5.41, 5.74) is 1.14. The van der Waals surface area contributed by atoms with Crippen molar-refractivity contribution in [3.63, 3.8) is 0 Å². The summed E-state index contributed by atoms with van der Waals surface area (Å²) in [6.45, 7) is 1.82. The molecule has 1 heterocycles. The Morgan fingerprint density at radius 1 is 1.50 bits per heavy atom. The van der Waals surface area contributed by atoms with E-state index in [-0.39, 0.29) is 5.91 Å². The van der Waals surface area contributed by atoms with E-state index in [2.05, 4.69) is 10.3 Å². The molecule has 0 saturated carbocycles. The van der Waals surface area contributed by atoms with Gasteiger partial charge in [-0.25, -0.2) is 4.98 Å². The van der Waals surface area contributed by atoms with Crippen molar-refractivity contribution in [1.29, 1.82) is 0 Å². The highest BCUT2D eigenvalue weighted by atomic mass is 35.5. The summed E-state index contributed by atoms with van der Waals surface area (Å²) in [5.74, 6) is -0.0151. The number of amides is 1. The Kier molecular flexibility index (Phi) is 4.33. The Morgan fingerprint density at radius 3 is 3.06 bits per heavy atom. The van der Waals surface area contributed by atoms with Crippen molar-refractivity contribution in [2.45, 2.75) is 19.8 Å². The molecule has 0 aliphatic rings. The summed E-state index contributed by atoms with van der Waals surface area (Å²) in [4.78, 5) is 16.5. The highest BCUT2D eigenvalue weighted by Gasteiger charge is 2.05. The van der Waals surface area contributed by atoms with E-state index in [1.807, 2.05) is 31.2 Å². The minimum Gasteiger partial charge on any atom is -0.302 e. The van der Waals surface area contributed by atoms with Crippen molar-refractivity contribution in [1.82, 2.24) is 4.98 Å². The van der Waals surface area contributed by atoms with Gasteiger partial charge in [0, 0.05) is 28.9 Å². The zero-order valence-electron chi connectivity index (χ0n) is 9.94. The smallest absolute Gasteiger partial charge is 0.225 e. The quantitative estimate of drug-likeness (QED) is 0.927. The van der Waals surface area contributed by atoms with Crippen LogP contribution in [-0.2, 0) is 11.2 Å². The molecule has 0 bridgehead atoms. The van der Waals surface area contributed by atoms with Crippen molar-refractivity contribution < 1.29 is 4.79 Å². The fraction of sp³-hybridized carbons (Fsp3) is 0.231. The molecule has 0 spiro atoms. The van der Waals surface area contributed by atoms with Gasteiger partial charge in [-0.3, -0.25) is 4.79 Å². The Labute approximate surface area is 115 Å². The van der Waals surface area contributed by atoms with Gasteiger partial charge in [0.2, 0.25) is 5.91 Å². The van der Waals surface area contributed by atoms with Gasteiger partial charge in [0.1, 0.15) is 0 Å². The van der Waals surface area contributed by atoms with Crippen molar-refractivity contribution >= 4 is 34.0 Å². The molecule has 2 aromatic rings. The lowest BCUT2D eigenvalue weighted by molar-refractivity contribution is -0.115. The van der Waals surface area contributed by atoms with Gasteiger partial charge in [-0.05, 0) is 17.7 Å². The van der Waals surface area contributed by atoms with E-state index in [0.717, 1.165) is 21.9 Å². The number of hydrogen-bond acceptors (Lipinski definition) is 3. The summed E-state index contributed by atoms with van der Waals surface area (Å²) in [6, 6.07) is 7.74. The predicted molar refractivity (Wildman–Crippen MR) is 75.3 cm³/mol. The molecule has 0 saturated heterocycles. The highest BCUT2D eigenvalue weighted by molar-refractivity contribution is 7.15. The topological polar surface area (TPSA) is 42.0 Å². The van der Waals surface area contributed by atoms with Crippen LogP contribution in [0, 0.1) is 0 Å². The number of nitrogens with zero attached hydrogens (tertiary/aromatic N) is 1. The van der Waals surface area contributed by atoms with Crippen molar-refractivity contribution in [2.24, 2.45) is 0 Å². The van der Waals surface area contributed by atoms with E-state index in [0.29, 0.717) is 11.6 Å². The Bertz CT molecular complexity index is 553. The van der Waals surface area contributed by atoms with Gasteiger partial charge in [0.05, 0.1) is 0 Å². The normalized spacial score (nSPS) is 10.3. The average Bonchev–Trinajstić information content (AvgIpc) is 2.76. The van der Waals surface area contributed by atoms with Crippen LogP contribution in [0.5, 0.6) is 0 Å². The zero-order valence-corrected chi connectivity index (χ0v) is 11.5. The minimum atomic E-state index is -0.0151. The molecule has 0 fully saturated rings. The van der Waals surface area contributed by atoms with E-state index >= 15 is 0 Å². The fourth-order valence-electron chi connectivity index (χ4n) is 1.50. The lowest BCUT2D eigenvalue weighted by Gasteiger charge is -1.99. The first kappa shape index (κ1) is 13.1. The molecule has 3 nitrogen and oxygen atoms in total. The molecule has 1 N–H and O–H groups in total. The van der Waals surface area contributed by atoms with E-state index < -0.39 is 0 Å². The van der Waals surface area contributed by atoms with Gasteiger partial charge >= 0.3 is 0 Å². The molecule has 0 aliphatic carbocycles. The first-order valence-corrected chi connectivity index (χ1v) is 6.86. The third kappa shape index (κ3) is 3.55. The van der Waals surface area contributed by atoms with Gasteiger partial charge in [-0.2, -0.15) is 0 Å². The Morgan fingerprint density at radius 2 is 2.33 bits per heavy atom. The van der Waals surface area contributed by atoms with Crippen LogP contribution in [-0.4, -0.2) is 10.9 Å². The number of benzene rings is 1. The van der Waals surface area contributed by atoms with E-state index in [9.17, 15) is 4.79 Å². The largest absolute Gasteiger partial charge is 0.302 e. The van der Waals surface area contributed by atoms with Gasteiger partial charge in [0.15, 0.2) is 5.13 Å². The van der Waals surface area contributed by atoms with Gasteiger partial charge in [0.25, 0.3) is 0 Å². The number of hydrogen-bond donors (Lipinski definition) is 1. The molecule has 0 atom stereocenters. The number of nitrogens with one attached hydrogen (secondary N) is 1. The van der Waals surface area contributed by atoms with Crippen LogP contribution in [0.1, 0.15) is 23.8 Å². The van der Waals surface area contributed by atoms with Gasteiger partial charge < -0.3 is 5.32 Å². The number of aromatic nitrogens is 1. The first-order valence-electron chi connectivity index (χ1n) is 5.66. The summed E-state index contributed by atoms with van der Waals surface area (Å²) in [6.07, 6.45) is 3.03. The Balaban J connectivity index is 2.04. The summed E-state index contributed by atoms with van der Waals surface area (Å²) >= 11 is 7.43. The molecule has 0 unspecified atom stereocenters. The van der Waals surface area contributed by atoms with Crippen molar-refractivity contribution in [3.05, 3.63) is 45.9 Å². The monoisotopic (exact) mass is 280 g/mol. The minimum absolute atomic E-state index is 0.0151. The summed E-state index contributed by atoms with van der Waals surface area (Å²) < 4.78 is 0. The molecule has 18 heavy (non-hydrogen) atoms. The average molecular weight is 281 g/mol. The zero-order chi connectivity index (χ0) is 13.0. The first-order chi connectivity index (χ1) is 8.67. The second kappa shape index (κ2) is 5.98. The van der Waals surface area contributed by atoms with Crippen LogP contribution in [0.3, 0.4) is 0 Å². The number of carbonyl (C=O) groups excluding carboxylic acids is 1. The second-order valence-electron chi connectivity index (χ2n) is 3.84. The molecule has 0 aliphatic heterocycles. The Hall–Kier alpha value is -1.39. The number of thiazole rings is 1. The molecular weight excluding hydrogens is 268 g/mol. The van der Waals surface area contributed by atoms with Gasteiger partial charge in [-0.1, -0.05) is 30.7 Å². The van der Waals surface area contributed by atoms with Gasteiger partial charge in [-0.15, -0.1) is 11.3 Å². The maximum Gasteiger partial charge on any atom is 0.225 e. The molecule has 94 valence electrons. The van der Waals surface area contributed by atoms with Crippen LogP contribution in [0.4, 0.5) is 5.13 Å². The van der Waals surface area contributed by atoms with Crippen LogP contribution in [0.25, 0.3) is 0 Å². The van der Waals surface area contributed by atoms with E-state index in [1.54, 1.807) is 6.20 Å². The maximum absolute atomic E-state index is 11.2. The third-order valence-corrected chi connectivity index (χ3v) is 3.54. The number of anilines is 1. The molecule has 1 aromatic heterocycles. The molecule has 2 rings (SSSR count). The fourth-order valence-corrected chi connectivity index (χ4v) is 2.58. The highest BCUT2D eigenvalue weighted by Crippen LogP contribution is 2.22. The lowest BCUT2D eigenvalue weighted by Crippen LogP contribution is -2.08. The van der Waals surface area contributed by atoms with Crippen molar-refractivity contribution in [3.8, 4) is 0 Å². The number of carbonyl (C=O) groups is 1. The molecule has 5 heteroatoms. The summed E-state index contributed by atoms with van der Waals surface area (Å²) in [7, 11) is 0. The van der Waals surface area contributed by atoms with E-state index in [4.69, 9.17) is 11.6 Å². The lowest BCUT2D eigenvalue weighted by atomic mass is 10.1. The van der Waals surface area contributed by atoms with Crippen molar-refractivity contribution in [2.75, 3.05) is 5.32 Å². The predicted octanol–water partition coefficient (Wildman–Crippen LogP) is 3.74. The van der Waals surface area contributed by atoms with Crippen LogP contribution < -0.4 is 5.32 Å². The SMILES string of the molecule is CCC(=O)Nc1ncc(Cc2cccc(Cl)c2)s1. The standard InChI is InChI=1S/C13H13ClN2OS/c1-2-12(17)16-13-15-8-11(18-13)7-9-4-3-5-10(14)6-9/h3-6,8H,2,7H2,1H3,(H,15,16,17). The number of halogens is 1. The van der Waals surface area contributed by atoms with Crippen LogP contribution in [0.2, 0.25) is 5.02 Å². The third-order valence-electron chi connectivity index (χ3n) is 2.39. The molecule has 1 amide bonds.